The molecule has 1 aromatic carbocycles. The van der Waals surface area contributed by atoms with E-state index in [1.54, 1.807) is 13.0 Å². The Morgan fingerprint density at radius 3 is 2.83 bits per heavy atom. The Kier molecular flexibility index (Phi) is 5.97. The zero-order valence-corrected chi connectivity index (χ0v) is 13.3. The molecule has 8 heteroatoms. The van der Waals surface area contributed by atoms with Gasteiger partial charge >= 0.3 is 5.97 Å². The van der Waals surface area contributed by atoms with E-state index in [1.807, 2.05) is 0 Å². The number of carbonyl (C=O) groups is 3. The lowest BCUT2D eigenvalue weighted by molar-refractivity contribution is -0.146. The summed E-state index contributed by atoms with van der Waals surface area (Å²) in [5, 5.41) is 4.36. The number of carbonyl (C=O) groups excluding carboxylic acids is 3. The maximum absolute atomic E-state index is 13.5. The first-order valence-electron chi connectivity index (χ1n) is 7.14. The van der Waals surface area contributed by atoms with Gasteiger partial charge in [0.2, 0.25) is 11.8 Å². The van der Waals surface area contributed by atoms with Crippen molar-refractivity contribution in [1.82, 2.24) is 5.32 Å². The normalized spacial score (nSPS) is 20.5. The number of anilines is 1. The molecule has 1 fully saturated rings. The topological polar surface area (TPSA) is 84.5 Å². The first-order chi connectivity index (χ1) is 11.0. The number of halogens is 1. The van der Waals surface area contributed by atoms with Gasteiger partial charge in [-0.2, -0.15) is 0 Å². The molecule has 0 saturated carbocycles. The average Bonchev–Trinajstić information content (AvgIpc) is 2.52. The Balaban J connectivity index is 1.87. The number of para-hydroxylation sites is 1. The molecule has 1 saturated heterocycles. The minimum atomic E-state index is -0.696. The van der Waals surface area contributed by atoms with Crippen LogP contribution in [0.25, 0.3) is 0 Å². The summed E-state index contributed by atoms with van der Waals surface area (Å²) in [6, 6.07) is 5.10. The van der Waals surface area contributed by atoms with E-state index in [2.05, 4.69) is 10.6 Å². The van der Waals surface area contributed by atoms with E-state index >= 15 is 0 Å². The zero-order valence-electron chi connectivity index (χ0n) is 12.5. The van der Waals surface area contributed by atoms with Crippen molar-refractivity contribution in [2.24, 2.45) is 0 Å². The largest absolute Gasteiger partial charge is 0.464 e. The van der Waals surface area contributed by atoms with E-state index in [9.17, 15) is 18.8 Å². The van der Waals surface area contributed by atoms with Gasteiger partial charge in [-0.1, -0.05) is 12.1 Å². The van der Waals surface area contributed by atoms with Gasteiger partial charge in [-0.3, -0.25) is 9.59 Å². The maximum atomic E-state index is 13.5. The van der Waals surface area contributed by atoms with Gasteiger partial charge in [0.05, 0.1) is 17.5 Å². The Bertz CT molecular complexity index is 611. The summed E-state index contributed by atoms with van der Waals surface area (Å²) in [5.41, 5.74) is 0.0723. The molecule has 2 rings (SSSR count). The van der Waals surface area contributed by atoms with Gasteiger partial charge < -0.3 is 15.4 Å². The van der Waals surface area contributed by atoms with Gasteiger partial charge in [-0.05, 0) is 19.1 Å². The lowest BCUT2D eigenvalue weighted by Crippen LogP contribution is -2.51. The van der Waals surface area contributed by atoms with E-state index in [-0.39, 0.29) is 18.7 Å². The second kappa shape index (κ2) is 7.96. The molecule has 1 aromatic rings. The summed E-state index contributed by atoms with van der Waals surface area (Å²) >= 11 is 1.21. The Morgan fingerprint density at radius 2 is 2.17 bits per heavy atom. The molecular weight excluding hydrogens is 323 g/mol. The minimum absolute atomic E-state index is 0.0723. The lowest BCUT2D eigenvalue weighted by atomic mass is 10.2. The van der Waals surface area contributed by atoms with E-state index in [4.69, 9.17) is 4.74 Å². The molecule has 6 nitrogen and oxygen atoms in total. The number of amides is 2. The van der Waals surface area contributed by atoms with Crippen LogP contribution in [0.1, 0.15) is 13.3 Å². The van der Waals surface area contributed by atoms with Crippen LogP contribution in [0.4, 0.5) is 10.1 Å². The van der Waals surface area contributed by atoms with Crippen molar-refractivity contribution in [1.29, 1.82) is 0 Å². The van der Waals surface area contributed by atoms with Crippen LogP contribution in [0, 0.1) is 5.82 Å². The summed E-state index contributed by atoms with van der Waals surface area (Å²) < 4.78 is 18.3. The summed E-state index contributed by atoms with van der Waals surface area (Å²) in [6.45, 7) is 1.93. The fourth-order valence-corrected chi connectivity index (χ4v) is 3.18. The highest BCUT2D eigenvalue weighted by atomic mass is 32.2. The second-order valence-electron chi connectivity index (χ2n) is 4.87. The SMILES string of the molecule is CCOC(=O)[C@H]1CS[C@@H](CC(=O)Nc2ccccc2F)C(=O)N1. The van der Waals surface area contributed by atoms with Crippen LogP contribution in [-0.2, 0) is 19.1 Å². The number of thioether (sulfide) groups is 1. The van der Waals surface area contributed by atoms with Crippen molar-refractivity contribution >= 4 is 35.2 Å². The van der Waals surface area contributed by atoms with Gasteiger partial charge in [0.25, 0.3) is 0 Å². The monoisotopic (exact) mass is 340 g/mol. The van der Waals surface area contributed by atoms with E-state index in [0.29, 0.717) is 5.75 Å². The van der Waals surface area contributed by atoms with Crippen molar-refractivity contribution < 1.29 is 23.5 Å². The third-order valence-corrected chi connectivity index (χ3v) is 4.47. The van der Waals surface area contributed by atoms with Crippen molar-refractivity contribution in [2.75, 3.05) is 17.7 Å². The van der Waals surface area contributed by atoms with Crippen LogP contribution in [0.15, 0.2) is 24.3 Å². The van der Waals surface area contributed by atoms with Gasteiger partial charge in [-0.25, -0.2) is 9.18 Å². The van der Waals surface area contributed by atoms with E-state index in [0.717, 1.165) is 0 Å². The highest BCUT2D eigenvalue weighted by molar-refractivity contribution is 8.00. The van der Waals surface area contributed by atoms with Crippen LogP contribution < -0.4 is 10.6 Å². The molecule has 0 bridgehead atoms. The van der Waals surface area contributed by atoms with Gasteiger partial charge in [0, 0.05) is 12.2 Å². The quantitative estimate of drug-likeness (QED) is 0.790. The molecular formula is C15H17FN2O4S. The predicted molar refractivity (Wildman–Crippen MR) is 84.5 cm³/mol. The smallest absolute Gasteiger partial charge is 0.329 e. The van der Waals surface area contributed by atoms with Crippen LogP contribution in [0.3, 0.4) is 0 Å². The molecule has 0 unspecified atom stereocenters. The molecule has 0 aromatic heterocycles. The third-order valence-electron chi connectivity index (χ3n) is 3.16. The molecule has 23 heavy (non-hydrogen) atoms. The van der Waals surface area contributed by atoms with Crippen molar-refractivity contribution in [3.8, 4) is 0 Å². The number of nitrogens with one attached hydrogen (secondary N) is 2. The molecule has 1 heterocycles. The van der Waals surface area contributed by atoms with Crippen LogP contribution in [-0.4, -0.2) is 41.4 Å². The summed E-state index contributed by atoms with van der Waals surface area (Å²) in [5.74, 6) is -1.55. The average molecular weight is 340 g/mol. The molecule has 0 radical (unpaired) electrons. The maximum Gasteiger partial charge on any atom is 0.329 e. The highest BCUT2D eigenvalue weighted by Crippen LogP contribution is 2.22. The minimum Gasteiger partial charge on any atom is -0.464 e. The van der Waals surface area contributed by atoms with E-state index < -0.39 is 34.9 Å². The number of hydrogen-bond donors (Lipinski definition) is 2. The molecule has 2 amide bonds. The standard InChI is InChI=1S/C15H17FN2O4S/c1-2-22-15(21)11-8-23-12(14(20)18-11)7-13(19)17-10-6-4-3-5-9(10)16/h3-6,11-12H,2,7-8H2,1H3,(H,17,19)(H,18,20)/t11-,12+/m1/s1. The molecule has 1 aliphatic rings. The fraction of sp³-hybridized carbons (Fsp3) is 0.400. The van der Waals surface area contributed by atoms with Crippen LogP contribution in [0.5, 0.6) is 0 Å². The highest BCUT2D eigenvalue weighted by Gasteiger charge is 2.34. The zero-order chi connectivity index (χ0) is 16.8. The number of benzene rings is 1. The summed E-state index contributed by atoms with van der Waals surface area (Å²) in [4.78, 5) is 35.5. The third kappa shape index (κ3) is 4.69. The number of rotatable bonds is 5. The second-order valence-corrected chi connectivity index (χ2v) is 6.10. The van der Waals surface area contributed by atoms with Crippen molar-refractivity contribution in [3.05, 3.63) is 30.1 Å². The molecule has 2 N–H and O–H groups in total. The van der Waals surface area contributed by atoms with E-state index in [1.165, 1.54) is 30.0 Å². The Hall–Kier alpha value is -2.09. The Labute approximate surface area is 137 Å². The Morgan fingerprint density at radius 1 is 1.43 bits per heavy atom. The lowest BCUT2D eigenvalue weighted by Gasteiger charge is -2.27. The van der Waals surface area contributed by atoms with Crippen molar-refractivity contribution in [3.63, 3.8) is 0 Å². The van der Waals surface area contributed by atoms with Gasteiger partial charge in [0.15, 0.2) is 0 Å². The first-order valence-corrected chi connectivity index (χ1v) is 8.19. The van der Waals surface area contributed by atoms with Crippen LogP contribution >= 0.6 is 11.8 Å². The molecule has 2 atom stereocenters. The first kappa shape index (κ1) is 17.3. The van der Waals surface area contributed by atoms with Crippen molar-refractivity contribution in [2.45, 2.75) is 24.6 Å². The van der Waals surface area contributed by atoms with Gasteiger partial charge in [0.1, 0.15) is 11.9 Å². The molecule has 0 spiro atoms. The molecule has 124 valence electrons. The number of esters is 1. The van der Waals surface area contributed by atoms with Gasteiger partial charge in [-0.15, -0.1) is 11.8 Å². The predicted octanol–water partition coefficient (Wildman–Crippen LogP) is 1.32. The number of hydrogen-bond acceptors (Lipinski definition) is 5. The molecule has 1 aliphatic heterocycles. The summed E-state index contributed by atoms with van der Waals surface area (Å²) in [7, 11) is 0. The number of ether oxygens (including phenoxy) is 1. The molecule has 0 aliphatic carbocycles. The summed E-state index contributed by atoms with van der Waals surface area (Å²) in [6.07, 6.45) is -0.0968. The van der Waals surface area contributed by atoms with Crippen LogP contribution in [0.2, 0.25) is 0 Å². The fourth-order valence-electron chi connectivity index (χ4n) is 2.05.